The number of rotatable bonds is 6. The molecule has 0 radical (unpaired) electrons. The highest BCUT2D eigenvalue weighted by atomic mass is 32.1. The number of nitrogens with zero attached hydrogens (tertiary/aromatic N) is 3. The van der Waals surface area contributed by atoms with E-state index in [4.69, 9.17) is 15.0 Å². The van der Waals surface area contributed by atoms with Crippen molar-refractivity contribution in [2.45, 2.75) is 0 Å². The van der Waals surface area contributed by atoms with Gasteiger partial charge in [-0.2, -0.15) is 0 Å². The van der Waals surface area contributed by atoms with Gasteiger partial charge >= 0.3 is 0 Å². The highest BCUT2D eigenvalue weighted by molar-refractivity contribution is 7.25. The van der Waals surface area contributed by atoms with Crippen LogP contribution in [0.5, 0.6) is 0 Å². The minimum Gasteiger partial charge on any atom is -0.208 e. The molecule has 0 bridgehead atoms. The highest BCUT2D eigenvalue weighted by Crippen LogP contribution is 2.41. The third-order valence-corrected chi connectivity index (χ3v) is 10.1. The van der Waals surface area contributed by atoms with Crippen molar-refractivity contribution < 1.29 is 0 Å². The summed E-state index contributed by atoms with van der Waals surface area (Å²) < 4.78 is 2.62. The molecule has 0 unspecified atom stereocenters. The number of hydrogen-bond donors (Lipinski definition) is 0. The Bertz CT molecular complexity index is 2590. The van der Waals surface area contributed by atoms with Crippen molar-refractivity contribution in [1.29, 1.82) is 0 Å². The summed E-state index contributed by atoms with van der Waals surface area (Å²) in [6, 6.07) is 61.6. The minimum atomic E-state index is 0.642. The van der Waals surface area contributed by atoms with Gasteiger partial charge in [0.25, 0.3) is 0 Å². The Morgan fingerprint density at radius 1 is 0.306 bits per heavy atom. The zero-order chi connectivity index (χ0) is 32.6. The van der Waals surface area contributed by atoms with Gasteiger partial charge in [-0.1, -0.05) is 152 Å². The molecule has 4 heteroatoms. The molecule has 9 rings (SSSR count). The van der Waals surface area contributed by atoms with Crippen LogP contribution >= 0.6 is 11.3 Å². The molecule has 2 aromatic heterocycles. The first-order valence-corrected chi connectivity index (χ1v) is 17.2. The highest BCUT2D eigenvalue weighted by Gasteiger charge is 2.15. The van der Waals surface area contributed by atoms with Gasteiger partial charge < -0.3 is 0 Å². The van der Waals surface area contributed by atoms with Gasteiger partial charge in [-0.05, 0) is 57.6 Å². The first-order chi connectivity index (χ1) is 24.3. The van der Waals surface area contributed by atoms with E-state index >= 15 is 0 Å². The maximum Gasteiger partial charge on any atom is 0.164 e. The van der Waals surface area contributed by atoms with Crippen molar-refractivity contribution in [3.8, 4) is 67.5 Å². The lowest BCUT2D eigenvalue weighted by molar-refractivity contribution is 1.07. The fraction of sp³-hybridized carbons (Fsp3) is 0. The number of thiophene rings is 1. The molecule has 0 saturated heterocycles. The molecule has 0 atom stereocenters. The van der Waals surface area contributed by atoms with Crippen LogP contribution in [0.4, 0.5) is 0 Å². The third kappa shape index (κ3) is 5.58. The van der Waals surface area contributed by atoms with Gasteiger partial charge in [-0.3, -0.25) is 0 Å². The van der Waals surface area contributed by atoms with E-state index in [1.54, 1.807) is 0 Å². The van der Waals surface area contributed by atoms with Crippen LogP contribution in [0.1, 0.15) is 0 Å². The zero-order valence-electron chi connectivity index (χ0n) is 26.5. The van der Waals surface area contributed by atoms with Crippen LogP contribution in [0.2, 0.25) is 0 Å². The molecule has 0 fully saturated rings. The van der Waals surface area contributed by atoms with Gasteiger partial charge in [-0.25, -0.2) is 15.0 Å². The van der Waals surface area contributed by atoms with Crippen molar-refractivity contribution in [3.05, 3.63) is 176 Å². The molecule has 3 nitrogen and oxygen atoms in total. The minimum absolute atomic E-state index is 0.642. The Balaban J connectivity index is 1.12. The van der Waals surface area contributed by atoms with Crippen LogP contribution < -0.4 is 0 Å². The Kier molecular flexibility index (Phi) is 7.34. The number of fused-ring (bicyclic) bond motifs is 3. The molecule has 0 saturated carbocycles. The number of aromatic nitrogens is 3. The number of benzene rings is 7. The Hall–Kier alpha value is -6.23. The van der Waals surface area contributed by atoms with Crippen molar-refractivity contribution in [3.63, 3.8) is 0 Å². The fourth-order valence-electron chi connectivity index (χ4n) is 6.51. The van der Waals surface area contributed by atoms with E-state index in [0.29, 0.717) is 17.5 Å². The summed E-state index contributed by atoms with van der Waals surface area (Å²) in [6.07, 6.45) is 0. The fourth-order valence-corrected chi connectivity index (χ4v) is 7.64. The van der Waals surface area contributed by atoms with Gasteiger partial charge in [0, 0.05) is 36.9 Å². The summed E-state index contributed by atoms with van der Waals surface area (Å²) in [5, 5.41) is 2.62. The van der Waals surface area contributed by atoms with E-state index in [0.717, 1.165) is 33.4 Å². The standard InChI is InChI=1S/C45H29N3S/c1-3-12-30(13-4-1)31-24-26-33(27-25-31)44-46-43(32-14-5-2-6-15-32)47-45(48-44)37-19-10-17-35(29-37)34-16-9-18-36(28-34)38-21-11-23-41-42(38)39-20-7-8-22-40(39)49-41/h1-29H. The average molecular weight is 644 g/mol. The van der Waals surface area contributed by atoms with Gasteiger partial charge in [0.1, 0.15) is 0 Å². The van der Waals surface area contributed by atoms with Crippen LogP contribution in [-0.2, 0) is 0 Å². The van der Waals surface area contributed by atoms with E-state index in [-0.39, 0.29) is 0 Å². The molecule has 0 amide bonds. The van der Waals surface area contributed by atoms with E-state index in [1.165, 1.54) is 36.9 Å². The van der Waals surface area contributed by atoms with Crippen LogP contribution in [0.15, 0.2) is 176 Å². The summed E-state index contributed by atoms with van der Waals surface area (Å²) in [5.74, 6) is 1.94. The smallest absolute Gasteiger partial charge is 0.164 e. The van der Waals surface area contributed by atoms with Gasteiger partial charge in [0.2, 0.25) is 0 Å². The summed E-state index contributed by atoms with van der Waals surface area (Å²) in [5.41, 5.74) is 9.87. The summed E-state index contributed by atoms with van der Waals surface area (Å²) >= 11 is 1.85. The lowest BCUT2D eigenvalue weighted by Crippen LogP contribution is -2.00. The van der Waals surface area contributed by atoms with Crippen molar-refractivity contribution in [2.24, 2.45) is 0 Å². The molecule has 49 heavy (non-hydrogen) atoms. The normalized spacial score (nSPS) is 11.3. The van der Waals surface area contributed by atoms with Crippen LogP contribution in [0.3, 0.4) is 0 Å². The SMILES string of the molecule is c1ccc(-c2ccc(-c3nc(-c4ccccc4)nc(-c4cccc(-c5cccc(-c6cccc7sc8ccccc8c67)c5)c4)n3)cc2)cc1. The molecule has 0 N–H and O–H groups in total. The Labute approximate surface area is 288 Å². The second kappa shape index (κ2) is 12.4. The molecular weight excluding hydrogens is 615 g/mol. The van der Waals surface area contributed by atoms with Crippen molar-refractivity contribution in [1.82, 2.24) is 15.0 Å². The lowest BCUT2D eigenvalue weighted by atomic mass is 9.95. The molecule has 0 aliphatic rings. The molecule has 230 valence electrons. The largest absolute Gasteiger partial charge is 0.208 e. The van der Waals surface area contributed by atoms with Crippen LogP contribution in [0, 0.1) is 0 Å². The maximum atomic E-state index is 5.04. The zero-order valence-corrected chi connectivity index (χ0v) is 27.3. The van der Waals surface area contributed by atoms with E-state index < -0.39 is 0 Å². The molecule has 9 aromatic rings. The predicted molar refractivity (Wildman–Crippen MR) is 205 cm³/mol. The number of hydrogen-bond acceptors (Lipinski definition) is 4. The monoisotopic (exact) mass is 643 g/mol. The Morgan fingerprint density at radius 3 is 1.47 bits per heavy atom. The van der Waals surface area contributed by atoms with E-state index in [2.05, 4.69) is 140 Å². The second-order valence-corrected chi connectivity index (χ2v) is 13.1. The average Bonchev–Trinajstić information content (AvgIpc) is 3.58. The molecule has 0 aliphatic carbocycles. The van der Waals surface area contributed by atoms with Crippen LogP contribution in [0.25, 0.3) is 87.7 Å². The third-order valence-electron chi connectivity index (χ3n) is 8.95. The van der Waals surface area contributed by atoms with Crippen molar-refractivity contribution >= 4 is 31.5 Å². The molecule has 7 aromatic carbocycles. The summed E-state index contributed by atoms with van der Waals surface area (Å²) in [7, 11) is 0. The Morgan fingerprint density at radius 2 is 0.755 bits per heavy atom. The lowest BCUT2D eigenvalue weighted by Gasteiger charge is -2.11. The first kappa shape index (κ1) is 29.0. The van der Waals surface area contributed by atoms with Gasteiger partial charge in [0.05, 0.1) is 0 Å². The van der Waals surface area contributed by atoms with E-state index in [1.807, 2.05) is 47.7 Å². The molecule has 0 spiro atoms. The first-order valence-electron chi connectivity index (χ1n) is 16.4. The molecule has 2 heterocycles. The summed E-state index contributed by atoms with van der Waals surface area (Å²) in [4.78, 5) is 15.0. The molecular formula is C45H29N3S. The predicted octanol–water partition coefficient (Wildman–Crippen LogP) is 12.2. The topological polar surface area (TPSA) is 38.7 Å². The van der Waals surface area contributed by atoms with Crippen LogP contribution in [-0.4, -0.2) is 15.0 Å². The van der Waals surface area contributed by atoms with Gasteiger partial charge in [0.15, 0.2) is 17.5 Å². The second-order valence-electron chi connectivity index (χ2n) is 12.1. The van der Waals surface area contributed by atoms with Crippen molar-refractivity contribution in [2.75, 3.05) is 0 Å². The molecule has 0 aliphatic heterocycles. The van der Waals surface area contributed by atoms with Gasteiger partial charge in [-0.15, -0.1) is 11.3 Å². The summed E-state index contributed by atoms with van der Waals surface area (Å²) in [6.45, 7) is 0. The quantitative estimate of drug-likeness (QED) is 0.181. The maximum absolute atomic E-state index is 5.04. The van der Waals surface area contributed by atoms with E-state index in [9.17, 15) is 0 Å².